The van der Waals surface area contributed by atoms with E-state index in [9.17, 15) is 0 Å². The number of fused-ring (bicyclic) bond motifs is 1. The van der Waals surface area contributed by atoms with Gasteiger partial charge in [-0.15, -0.1) is 10.2 Å². The van der Waals surface area contributed by atoms with Crippen LogP contribution in [0.25, 0.3) is 5.82 Å². The molecule has 6 nitrogen and oxygen atoms in total. The first-order chi connectivity index (χ1) is 12.2. The summed E-state index contributed by atoms with van der Waals surface area (Å²) in [7, 11) is 1.68. The third-order valence-electron chi connectivity index (χ3n) is 4.50. The number of hydrogen-bond donors (Lipinski definition) is 0. The van der Waals surface area contributed by atoms with E-state index < -0.39 is 0 Å². The zero-order valence-corrected chi connectivity index (χ0v) is 14.3. The van der Waals surface area contributed by atoms with Gasteiger partial charge in [0, 0.05) is 12.1 Å². The number of methoxy groups -OCH3 is 1. The lowest BCUT2D eigenvalue weighted by molar-refractivity contribution is 0.211. The fourth-order valence-corrected chi connectivity index (χ4v) is 3.38. The first-order valence-corrected chi connectivity index (χ1v) is 8.34. The Hall–Kier alpha value is -2.89. The standard InChI is InChI=1S/C19H20N4O2/c1-13-6-16(19(20-9-13)23-11-21-22-12-23)8-14-7-15-4-3-5-17(24-2)18(15)25-10-14/h3-6,9,11-12,14H,7-8,10H2,1-2H3/t14-/m0/s1. The number of aromatic nitrogens is 4. The molecule has 1 atom stereocenters. The van der Waals surface area contributed by atoms with Gasteiger partial charge in [0.15, 0.2) is 11.5 Å². The van der Waals surface area contributed by atoms with E-state index in [4.69, 9.17) is 9.47 Å². The maximum absolute atomic E-state index is 6.01. The molecule has 0 aliphatic carbocycles. The van der Waals surface area contributed by atoms with E-state index in [-0.39, 0.29) is 0 Å². The summed E-state index contributed by atoms with van der Waals surface area (Å²) >= 11 is 0. The summed E-state index contributed by atoms with van der Waals surface area (Å²) in [6.07, 6.45) is 7.08. The number of pyridine rings is 1. The van der Waals surface area contributed by atoms with Crippen LogP contribution in [0, 0.1) is 12.8 Å². The quantitative estimate of drug-likeness (QED) is 0.733. The molecule has 0 amide bonds. The Bertz CT molecular complexity index is 877. The molecular weight excluding hydrogens is 316 g/mol. The lowest BCUT2D eigenvalue weighted by Gasteiger charge is -2.27. The molecule has 0 N–H and O–H groups in total. The molecule has 1 aliphatic rings. The maximum Gasteiger partial charge on any atom is 0.164 e. The van der Waals surface area contributed by atoms with Crippen LogP contribution in [0.15, 0.2) is 43.1 Å². The van der Waals surface area contributed by atoms with Gasteiger partial charge in [0.2, 0.25) is 0 Å². The summed E-state index contributed by atoms with van der Waals surface area (Å²) in [5.41, 5.74) is 3.52. The van der Waals surface area contributed by atoms with Crippen LogP contribution in [0.3, 0.4) is 0 Å². The van der Waals surface area contributed by atoms with Crippen LogP contribution >= 0.6 is 0 Å². The molecule has 0 bridgehead atoms. The van der Waals surface area contributed by atoms with Crippen molar-refractivity contribution in [3.63, 3.8) is 0 Å². The number of para-hydroxylation sites is 1. The highest BCUT2D eigenvalue weighted by Gasteiger charge is 2.24. The second-order valence-corrected chi connectivity index (χ2v) is 6.40. The summed E-state index contributed by atoms with van der Waals surface area (Å²) < 4.78 is 13.3. The number of nitrogens with zero attached hydrogens (tertiary/aromatic N) is 4. The van der Waals surface area contributed by atoms with Crippen molar-refractivity contribution in [2.45, 2.75) is 19.8 Å². The summed E-state index contributed by atoms with van der Waals surface area (Å²) in [5, 5.41) is 7.78. The zero-order chi connectivity index (χ0) is 17.2. The number of hydrogen-bond acceptors (Lipinski definition) is 5. The fourth-order valence-electron chi connectivity index (χ4n) is 3.38. The summed E-state index contributed by atoms with van der Waals surface area (Å²) in [6, 6.07) is 8.25. The molecule has 2 aromatic heterocycles. The van der Waals surface area contributed by atoms with Crippen molar-refractivity contribution in [3.8, 4) is 17.3 Å². The smallest absolute Gasteiger partial charge is 0.164 e. The molecule has 6 heteroatoms. The first-order valence-electron chi connectivity index (χ1n) is 8.34. The van der Waals surface area contributed by atoms with Gasteiger partial charge in [-0.25, -0.2) is 4.98 Å². The van der Waals surface area contributed by atoms with E-state index in [1.807, 2.05) is 22.9 Å². The van der Waals surface area contributed by atoms with Gasteiger partial charge in [0.25, 0.3) is 0 Å². The van der Waals surface area contributed by atoms with Crippen molar-refractivity contribution in [2.24, 2.45) is 5.92 Å². The monoisotopic (exact) mass is 336 g/mol. The van der Waals surface area contributed by atoms with Crippen LogP contribution in [0.5, 0.6) is 11.5 Å². The molecule has 1 aliphatic heterocycles. The van der Waals surface area contributed by atoms with Crippen LogP contribution in [0.2, 0.25) is 0 Å². The van der Waals surface area contributed by atoms with Gasteiger partial charge in [-0.1, -0.05) is 18.2 Å². The van der Waals surface area contributed by atoms with E-state index in [0.717, 1.165) is 35.7 Å². The average molecular weight is 336 g/mol. The van der Waals surface area contributed by atoms with Crippen LogP contribution in [-0.4, -0.2) is 33.5 Å². The van der Waals surface area contributed by atoms with E-state index in [1.54, 1.807) is 19.8 Å². The Balaban J connectivity index is 1.60. The topological polar surface area (TPSA) is 62.1 Å². The molecular formula is C19H20N4O2. The highest BCUT2D eigenvalue weighted by Crippen LogP contribution is 2.37. The third-order valence-corrected chi connectivity index (χ3v) is 4.50. The van der Waals surface area contributed by atoms with E-state index in [0.29, 0.717) is 12.5 Å². The number of ether oxygens (including phenoxy) is 2. The molecule has 3 aromatic rings. The van der Waals surface area contributed by atoms with Gasteiger partial charge < -0.3 is 9.47 Å². The molecule has 0 saturated carbocycles. The van der Waals surface area contributed by atoms with Crippen molar-refractivity contribution >= 4 is 0 Å². The summed E-state index contributed by atoms with van der Waals surface area (Å²) in [4.78, 5) is 4.58. The average Bonchev–Trinajstić information content (AvgIpc) is 3.15. The lowest BCUT2D eigenvalue weighted by Crippen LogP contribution is -2.24. The van der Waals surface area contributed by atoms with Gasteiger partial charge in [-0.05, 0) is 42.5 Å². The second kappa shape index (κ2) is 6.55. The lowest BCUT2D eigenvalue weighted by atomic mass is 9.90. The predicted octanol–water partition coefficient (Wildman–Crippen LogP) is 2.77. The Morgan fingerprint density at radius 3 is 2.92 bits per heavy atom. The molecule has 3 heterocycles. The summed E-state index contributed by atoms with van der Waals surface area (Å²) in [5.74, 6) is 2.95. The van der Waals surface area contributed by atoms with Crippen molar-refractivity contribution < 1.29 is 9.47 Å². The predicted molar refractivity (Wildman–Crippen MR) is 93.3 cm³/mol. The SMILES string of the molecule is COc1cccc2c1OC[C@H](Cc1cc(C)cnc1-n1cnnc1)C2. The molecule has 0 fully saturated rings. The first kappa shape index (κ1) is 15.6. The van der Waals surface area contributed by atoms with E-state index in [2.05, 4.69) is 34.2 Å². The molecule has 4 rings (SSSR count). The number of benzene rings is 1. The van der Waals surface area contributed by atoms with Gasteiger partial charge >= 0.3 is 0 Å². The fraction of sp³-hybridized carbons (Fsp3) is 0.316. The zero-order valence-electron chi connectivity index (χ0n) is 14.3. The van der Waals surface area contributed by atoms with Crippen LogP contribution < -0.4 is 9.47 Å². The summed E-state index contributed by atoms with van der Waals surface area (Å²) in [6.45, 7) is 2.73. The maximum atomic E-state index is 6.01. The Kier molecular flexibility index (Phi) is 4.09. The molecule has 0 radical (unpaired) electrons. The van der Waals surface area contributed by atoms with E-state index in [1.165, 1.54) is 11.1 Å². The van der Waals surface area contributed by atoms with Crippen molar-refractivity contribution in [1.82, 2.24) is 19.7 Å². The Labute approximate surface area is 146 Å². The van der Waals surface area contributed by atoms with Gasteiger partial charge in [0.05, 0.1) is 13.7 Å². The highest BCUT2D eigenvalue weighted by molar-refractivity contribution is 5.48. The Morgan fingerprint density at radius 1 is 1.28 bits per heavy atom. The van der Waals surface area contributed by atoms with Gasteiger partial charge in [-0.3, -0.25) is 4.57 Å². The molecule has 128 valence electrons. The van der Waals surface area contributed by atoms with Gasteiger partial charge in [0.1, 0.15) is 18.5 Å². The minimum Gasteiger partial charge on any atom is -0.493 e. The third kappa shape index (κ3) is 3.07. The molecule has 0 saturated heterocycles. The minimum atomic E-state index is 0.387. The molecule has 0 spiro atoms. The van der Waals surface area contributed by atoms with Crippen molar-refractivity contribution in [3.05, 3.63) is 59.8 Å². The van der Waals surface area contributed by atoms with Crippen molar-refractivity contribution in [2.75, 3.05) is 13.7 Å². The van der Waals surface area contributed by atoms with Crippen LogP contribution in [0.1, 0.15) is 16.7 Å². The molecule has 25 heavy (non-hydrogen) atoms. The highest BCUT2D eigenvalue weighted by atomic mass is 16.5. The number of rotatable bonds is 4. The second-order valence-electron chi connectivity index (χ2n) is 6.40. The molecule has 1 aromatic carbocycles. The Morgan fingerprint density at radius 2 is 2.12 bits per heavy atom. The van der Waals surface area contributed by atoms with Gasteiger partial charge in [-0.2, -0.15) is 0 Å². The van der Waals surface area contributed by atoms with Crippen molar-refractivity contribution in [1.29, 1.82) is 0 Å². The minimum absolute atomic E-state index is 0.387. The van der Waals surface area contributed by atoms with Crippen LogP contribution in [0.4, 0.5) is 0 Å². The van der Waals surface area contributed by atoms with Crippen LogP contribution in [-0.2, 0) is 12.8 Å². The largest absolute Gasteiger partial charge is 0.493 e. The number of aryl methyl sites for hydroxylation is 1. The normalized spacial score (nSPS) is 16.2. The van der Waals surface area contributed by atoms with E-state index >= 15 is 0 Å². The molecule has 0 unspecified atom stereocenters.